The molecule has 1 rings (SSSR count). The molecule has 1 aromatic carbocycles. The van der Waals surface area contributed by atoms with Crippen molar-refractivity contribution in [3.63, 3.8) is 0 Å². The number of aliphatic hydroxyl groups is 1. The third-order valence-electron chi connectivity index (χ3n) is 3.45. The average molecular weight is 349 g/mol. The fraction of sp³-hybridized carbons (Fsp3) is 0.412. The number of benzene rings is 1. The van der Waals surface area contributed by atoms with Crippen molar-refractivity contribution in [2.45, 2.75) is 33.4 Å². The van der Waals surface area contributed by atoms with Gasteiger partial charge >= 0.3 is 0 Å². The van der Waals surface area contributed by atoms with E-state index in [0.29, 0.717) is 11.4 Å². The zero-order valence-electron chi connectivity index (χ0n) is 14.8. The zero-order chi connectivity index (χ0) is 19.0. The third-order valence-corrected chi connectivity index (χ3v) is 3.45. The Balaban J connectivity index is 2.64. The zero-order valence-corrected chi connectivity index (χ0v) is 14.8. The van der Waals surface area contributed by atoms with Crippen molar-refractivity contribution in [2.75, 3.05) is 11.9 Å². The molecule has 8 nitrogen and oxygen atoms in total. The summed E-state index contributed by atoms with van der Waals surface area (Å²) >= 11 is 0. The number of hydrogen-bond donors (Lipinski definition) is 5. The van der Waals surface area contributed by atoms with Crippen LogP contribution in [0.25, 0.3) is 0 Å². The highest BCUT2D eigenvalue weighted by molar-refractivity contribution is 5.92. The van der Waals surface area contributed by atoms with E-state index >= 15 is 0 Å². The van der Waals surface area contributed by atoms with E-state index < -0.39 is 0 Å². The van der Waals surface area contributed by atoms with Crippen LogP contribution in [0, 0.1) is 5.92 Å². The number of nitrogens with two attached hydrogens (primary N) is 2. The van der Waals surface area contributed by atoms with Crippen LogP contribution in [0.15, 0.2) is 36.2 Å². The Bertz CT molecular complexity index is 613. The highest BCUT2D eigenvalue weighted by Crippen LogP contribution is 2.10. The van der Waals surface area contributed by atoms with E-state index in [0.717, 1.165) is 5.56 Å². The summed E-state index contributed by atoms with van der Waals surface area (Å²) in [6.07, 6.45) is 1.44. The molecule has 1 atom stereocenters. The lowest BCUT2D eigenvalue weighted by Gasteiger charge is -2.24. The predicted molar refractivity (Wildman–Crippen MR) is 96.6 cm³/mol. The smallest absolute Gasteiger partial charge is 0.245 e. The Morgan fingerprint density at radius 3 is 2.36 bits per heavy atom. The average Bonchev–Trinajstić information content (AvgIpc) is 2.52. The van der Waals surface area contributed by atoms with Gasteiger partial charge in [-0.1, -0.05) is 26.0 Å². The molecule has 0 aliphatic carbocycles. The first kappa shape index (κ1) is 20.5. The normalized spacial score (nSPS) is 12.6. The van der Waals surface area contributed by atoms with Gasteiger partial charge in [-0.05, 0) is 23.6 Å². The van der Waals surface area contributed by atoms with Crippen molar-refractivity contribution >= 4 is 17.5 Å². The van der Waals surface area contributed by atoms with Crippen LogP contribution in [0.2, 0.25) is 0 Å². The number of amides is 2. The summed E-state index contributed by atoms with van der Waals surface area (Å²) in [4.78, 5) is 23.3. The fourth-order valence-corrected chi connectivity index (χ4v) is 2.23. The summed E-state index contributed by atoms with van der Waals surface area (Å²) in [5.41, 5.74) is 7.73. The first-order valence-corrected chi connectivity index (χ1v) is 7.98. The number of aliphatic hydroxyl groups excluding tert-OH is 1. The summed E-state index contributed by atoms with van der Waals surface area (Å²) in [6, 6.07) is 6.46. The molecule has 25 heavy (non-hydrogen) atoms. The highest BCUT2D eigenvalue weighted by atomic mass is 16.3. The second kappa shape index (κ2) is 9.65. The molecule has 0 saturated carbocycles. The van der Waals surface area contributed by atoms with Crippen molar-refractivity contribution in [3.05, 3.63) is 41.7 Å². The Morgan fingerprint density at radius 1 is 1.28 bits per heavy atom. The number of hydrogen-bond acceptors (Lipinski definition) is 6. The number of carbonyl (C=O) groups excluding carboxylic acids is 2. The van der Waals surface area contributed by atoms with Gasteiger partial charge in [0, 0.05) is 24.5 Å². The van der Waals surface area contributed by atoms with Crippen LogP contribution in [0.5, 0.6) is 0 Å². The van der Waals surface area contributed by atoms with Crippen molar-refractivity contribution in [1.29, 1.82) is 0 Å². The minimum atomic E-state index is -0.363. The monoisotopic (exact) mass is 349 g/mol. The van der Waals surface area contributed by atoms with Gasteiger partial charge in [0.2, 0.25) is 11.8 Å². The first-order valence-electron chi connectivity index (χ1n) is 7.98. The van der Waals surface area contributed by atoms with Crippen molar-refractivity contribution in [3.8, 4) is 0 Å². The Kier molecular flexibility index (Phi) is 7.90. The molecule has 138 valence electrons. The van der Waals surface area contributed by atoms with Gasteiger partial charge in [-0.3, -0.25) is 9.59 Å². The number of nitrogens with one attached hydrogen (secondary N) is 2. The van der Waals surface area contributed by atoms with Crippen LogP contribution in [0.1, 0.15) is 26.3 Å². The van der Waals surface area contributed by atoms with E-state index in [1.807, 2.05) is 13.8 Å². The Labute approximate surface area is 147 Å². The number of rotatable bonds is 8. The largest absolute Gasteiger partial charge is 0.399 e. The topological polar surface area (TPSA) is 134 Å². The quantitative estimate of drug-likeness (QED) is 0.337. The van der Waals surface area contributed by atoms with Gasteiger partial charge in [-0.15, -0.1) is 0 Å². The Morgan fingerprint density at radius 2 is 1.88 bits per heavy atom. The number of anilines is 1. The van der Waals surface area contributed by atoms with Crippen molar-refractivity contribution in [1.82, 2.24) is 10.3 Å². The van der Waals surface area contributed by atoms with Crippen LogP contribution in [0.3, 0.4) is 0 Å². The van der Waals surface area contributed by atoms with E-state index in [9.17, 15) is 9.59 Å². The molecule has 0 radical (unpaired) electrons. The predicted octanol–water partition coefficient (Wildman–Crippen LogP) is 0.254. The van der Waals surface area contributed by atoms with Crippen LogP contribution in [-0.2, 0) is 16.2 Å². The lowest BCUT2D eigenvalue weighted by Crippen LogP contribution is -2.43. The van der Waals surface area contributed by atoms with Crippen molar-refractivity contribution in [2.24, 2.45) is 17.5 Å². The van der Waals surface area contributed by atoms with Gasteiger partial charge in [-0.2, -0.15) is 0 Å². The van der Waals surface area contributed by atoms with Gasteiger partial charge in [-0.25, -0.2) is 5.84 Å². The maximum Gasteiger partial charge on any atom is 0.245 e. The molecule has 0 spiro atoms. The van der Waals surface area contributed by atoms with E-state index in [-0.39, 0.29) is 36.9 Å². The van der Waals surface area contributed by atoms with E-state index in [4.69, 9.17) is 16.7 Å². The second-order valence-electron chi connectivity index (χ2n) is 6.13. The van der Waals surface area contributed by atoms with E-state index in [1.54, 1.807) is 24.3 Å². The molecule has 0 aliphatic rings. The summed E-state index contributed by atoms with van der Waals surface area (Å²) in [5, 5.41) is 15.6. The minimum absolute atomic E-state index is 0.0554. The van der Waals surface area contributed by atoms with Crippen LogP contribution >= 0.6 is 0 Å². The maximum absolute atomic E-state index is 12.0. The highest BCUT2D eigenvalue weighted by Gasteiger charge is 2.18. The molecular formula is C17H27N5O3. The molecule has 8 heteroatoms. The van der Waals surface area contributed by atoms with Gasteiger partial charge in [0.1, 0.15) is 6.54 Å². The molecule has 0 aliphatic heterocycles. The van der Waals surface area contributed by atoms with Crippen LogP contribution in [-0.4, -0.2) is 34.5 Å². The van der Waals surface area contributed by atoms with Gasteiger partial charge in [0.15, 0.2) is 0 Å². The lowest BCUT2D eigenvalue weighted by atomic mass is 10.0. The van der Waals surface area contributed by atoms with E-state index in [1.165, 1.54) is 18.1 Å². The van der Waals surface area contributed by atoms with Gasteiger partial charge in [0.25, 0.3) is 0 Å². The third kappa shape index (κ3) is 7.23. The minimum Gasteiger partial charge on any atom is -0.399 e. The van der Waals surface area contributed by atoms with Crippen LogP contribution < -0.4 is 22.2 Å². The summed E-state index contributed by atoms with van der Waals surface area (Å²) in [7, 11) is 0. The lowest BCUT2D eigenvalue weighted by molar-refractivity contribution is -0.120. The summed E-state index contributed by atoms with van der Waals surface area (Å²) in [5.74, 6) is 5.38. The molecule has 1 aromatic rings. The molecule has 7 N–H and O–H groups in total. The summed E-state index contributed by atoms with van der Waals surface area (Å²) in [6.45, 7) is 5.10. The first-order chi connectivity index (χ1) is 11.7. The number of hydrazine groups is 1. The molecule has 0 aromatic heterocycles. The standard InChI is InChI=1S/C17H27N5O3/c1-11(2)17(20-12(3)24)15(18)8-22(19)9-16(25)21-14-6-4-13(10-23)5-7-14/h4-8,11,17,23H,9-10,18-19H2,1-3H3,(H,20,24)(H,21,25)/b15-8-. The molecular weight excluding hydrogens is 322 g/mol. The maximum atomic E-state index is 12.0. The van der Waals surface area contributed by atoms with E-state index in [2.05, 4.69) is 10.6 Å². The Hall–Kier alpha value is -2.58. The second-order valence-corrected chi connectivity index (χ2v) is 6.13. The molecule has 0 heterocycles. The summed E-state index contributed by atoms with van der Waals surface area (Å²) < 4.78 is 0. The molecule has 1 unspecified atom stereocenters. The van der Waals surface area contributed by atoms with Gasteiger partial charge in [0.05, 0.1) is 12.6 Å². The van der Waals surface area contributed by atoms with Crippen LogP contribution in [0.4, 0.5) is 5.69 Å². The SMILES string of the molecule is CC(=O)NC(/C(N)=C/N(N)CC(=O)Nc1ccc(CO)cc1)C(C)C. The number of carbonyl (C=O) groups is 2. The van der Waals surface area contributed by atoms with Crippen molar-refractivity contribution < 1.29 is 14.7 Å². The number of nitrogens with zero attached hydrogens (tertiary/aromatic N) is 1. The molecule has 0 bridgehead atoms. The molecule has 0 saturated heterocycles. The fourth-order valence-electron chi connectivity index (χ4n) is 2.23. The molecule has 0 fully saturated rings. The van der Waals surface area contributed by atoms with Gasteiger partial charge < -0.3 is 26.5 Å². The molecule has 2 amide bonds.